The molecule has 0 saturated carbocycles. The molecule has 1 aliphatic heterocycles. The lowest BCUT2D eigenvalue weighted by Crippen LogP contribution is -2.45. The number of hydrogen-bond acceptors (Lipinski definition) is 2. The fourth-order valence-corrected chi connectivity index (χ4v) is 2.43. The fraction of sp³-hybridized carbons (Fsp3) is 0.438. The van der Waals surface area contributed by atoms with Crippen molar-refractivity contribution in [1.82, 2.24) is 10.6 Å². The van der Waals surface area contributed by atoms with Crippen molar-refractivity contribution in [2.24, 2.45) is 4.99 Å². The number of hydrogen-bond donors (Lipinski definition) is 2. The van der Waals surface area contributed by atoms with Crippen LogP contribution in [-0.4, -0.2) is 25.2 Å². The molecule has 106 valence electrons. The highest BCUT2D eigenvalue weighted by Gasteiger charge is 2.33. The second kappa shape index (κ2) is 5.87. The van der Waals surface area contributed by atoms with Gasteiger partial charge in [-0.2, -0.15) is 0 Å². The quantitative estimate of drug-likeness (QED) is 0.492. The van der Waals surface area contributed by atoms with Crippen LogP contribution in [0.25, 0.3) is 0 Å². The Balaban J connectivity index is 2.21. The van der Waals surface area contributed by atoms with Crippen LogP contribution in [0, 0.1) is 12.3 Å². The maximum absolute atomic E-state index is 6.01. The molecule has 20 heavy (non-hydrogen) atoms. The van der Waals surface area contributed by atoms with Crippen molar-refractivity contribution in [3.05, 3.63) is 29.8 Å². The van der Waals surface area contributed by atoms with Crippen LogP contribution < -0.4 is 15.4 Å². The normalized spacial score (nSPS) is 20.3. The molecule has 1 atom stereocenters. The molecule has 4 heteroatoms. The topological polar surface area (TPSA) is 45.7 Å². The molecule has 2 N–H and O–H groups in total. The van der Waals surface area contributed by atoms with Crippen molar-refractivity contribution in [2.75, 3.05) is 13.6 Å². The van der Waals surface area contributed by atoms with Gasteiger partial charge < -0.3 is 15.4 Å². The lowest BCUT2D eigenvalue weighted by Gasteiger charge is -2.38. The van der Waals surface area contributed by atoms with Gasteiger partial charge >= 0.3 is 0 Å². The number of terminal acetylenes is 1. The van der Waals surface area contributed by atoms with E-state index in [1.807, 2.05) is 18.2 Å². The molecule has 0 saturated heterocycles. The van der Waals surface area contributed by atoms with Crippen molar-refractivity contribution in [1.29, 1.82) is 0 Å². The minimum atomic E-state index is -0.211. The summed E-state index contributed by atoms with van der Waals surface area (Å²) in [4.78, 5) is 4.20. The summed E-state index contributed by atoms with van der Waals surface area (Å²) in [6.07, 6.45) is 6.13. The zero-order valence-corrected chi connectivity index (χ0v) is 12.2. The molecule has 1 aliphatic rings. The van der Waals surface area contributed by atoms with E-state index in [1.165, 1.54) is 0 Å². The number of aliphatic imine (C=N–C) groups is 1. The highest BCUT2D eigenvalue weighted by atomic mass is 16.5. The summed E-state index contributed by atoms with van der Waals surface area (Å²) in [5, 5.41) is 6.50. The van der Waals surface area contributed by atoms with Crippen LogP contribution in [-0.2, 0) is 0 Å². The molecule has 2 rings (SSSR count). The molecule has 1 unspecified atom stereocenters. The molecule has 0 amide bonds. The summed E-state index contributed by atoms with van der Waals surface area (Å²) in [5.41, 5.74) is 0.937. The van der Waals surface area contributed by atoms with E-state index in [9.17, 15) is 0 Å². The number of nitrogens with one attached hydrogen (secondary N) is 2. The molecule has 0 fully saturated rings. The van der Waals surface area contributed by atoms with Crippen LogP contribution in [0.2, 0.25) is 0 Å². The van der Waals surface area contributed by atoms with Gasteiger partial charge in [0.1, 0.15) is 11.4 Å². The lowest BCUT2D eigenvalue weighted by atomic mass is 9.90. The minimum Gasteiger partial charge on any atom is -0.487 e. The van der Waals surface area contributed by atoms with Gasteiger partial charge in [-0.05, 0) is 19.9 Å². The molecule has 1 aromatic carbocycles. The first-order chi connectivity index (χ1) is 9.55. The lowest BCUT2D eigenvalue weighted by molar-refractivity contribution is 0.0694. The average molecular weight is 271 g/mol. The van der Waals surface area contributed by atoms with Gasteiger partial charge in [0.05, 0.1) is 12.6 Å². The molecular formula is C16H21N3O. The monoisotopic (exact) mass is 271 g/mol. The van der Waals surface area contributed by atoms with Gasteiger partial charge in [-0.25, -0.2) is 0 Å². The number of nitrogens with zero attached hydrogens (tertiary/aromatic N) is 1. The molecule has 1 heterocycles. The second-order valence-electron chi connectivity index (χ2n) is 5.43. The number of benzene rings is 1. The van der Waals surface area contributed by atoms with Gasteiger partial charge in [0.25, 0.3) is 0 Å². The van der Waals surface area contributed by atoms with Gasteiger partial charge in [-0.1, -0.05) is 24.1 Å². The highest BCUT2D eigenvalue weighted by molar-refractivity contribution is 5.80. The van der Waals surface area contributed by atoms with E-state index < -0.39 is 0 Å². The maximum Gasteiger partial charge on any atom is 0.192 e. The van der Waals surface area contributed by atoms with Crippen molar-refractivity contribution in [3.8, 4) is 18.1 Å². The zero-order valence-electron chi connectivity index (χ0n) is 12.2. The van der Waals surface area contributed by atoms with Gasteiger partial charge in [0.15, 0.2) is 5.96 Å². The van der Waals surface area contributed by atoms with E-state index in [4.69, 9.17) is 11.2 Å². The van der Waals surface area contributed by atoms with Crippen LogP contribution >= 0.6 is 0 Å². The molecule has 0 aliphatic carbocycles. The molecule has 0 radical (unpaired) electrons. The van der Waals surface area contributed by atoms with Crippen LogP contribution in [0.1, 0.15) is 31.9 Å². The van der Waals surface area contributed by atoms with Crippen molar-refractivity contribution in [2.45, 2.75) is 31.9 Å². The predicted octanol–water partition coefficient (Wildman–Crippen LogP) is 2.09. The van der Waals surface area contributed by atoms with E-state index in [-0.39, 0.29) is 11.6 Å². The van der Waals surface area contributed by atoms with Gasteiger partial charge in [-0.3, -0.25) is 4.99 Å². The third kappa shape index (κ3) is 3.24. The summed E-state index contributed by atoms with van der Waals surface area (Å²) in [5.74, 6) is 4.18. The number of ether oxygens (including phenoxy) is 1. The fourth-order valence-electron chi connectivity index (χ4n) is 2.43. The Morgan fingerprint density at radius 2 is 2.25 bits per heavy atom. The number of para-hydroxylation sites is 1. The van der Waals surface area contributed by atoms with Crippen molar-refractivity contribution < 1.29 is 4.74 Å². The van der Waals surface area contributed by atoms with Crippen molar-refractivity contribution >= 4 is 5.96 Å². The molecular weight excluding hydrogens is 250 g/mol. The summed E-state index contributed by atoms with van der Waals surface area (Å²) in [7, 11) is 1.74. The standard InChI is InChI=1S/C16H21N3O/c1-5-10-18-15(17-4)19-13-11-16(2,3)20-14-9-7-6-8-12(13)14/h1,6-9,13H,10-11H2,2-4H3,(H2,17,18,19). The molecule has 0 bridgehead atoms. The summed E-state index contributed by atoms with van der Waals surface area (Å²) >= 11 is 0. The average Bonchev–Trinajstić information content (AvgIpc) is 2.42. The first-order valence-electron chi connectivity index (χ1n) is 6.74. The maximum atomic E-state index is 6.01. The first-order valence-corrected chi connectivity index (χ1v) is 6.74. The van der Waals surface area contributed by atoms with E-state index in [2.05, 4.69) is 41.5 Å². The van der Waals surface area contributed by atoms with Crippen LogP contribution in [0.3, 0.4) is 0 Å². The number of fused-ring (bicyclic) bond motifs is 1. The minimum absolute atomic E-state index is 0.152. The Bertz CT molecular complexity index is 543. The van der Waals surface area contributed by atoms with E-state index in [1.54, 1.807) is 7.05 Å². The second-order valence-corrected chi connectivity index (χ2v) is 5.43. The predicted molar refractivity (Wildman–Crippen MR) is 81.8 cm³/mol. The van der Waals surface area contributed by atoms with Crippen LogP contribution in [0.4, 0.5) is 0 Å². The molecule has 1 aromatic rings. The first kappa shape index (κ1) is 14.3. The van der Waals surface area contributed by atoms with Gasteiger partial charge in [0, 0.05) is 19.0 Å². The zero-order chi connectivity index (χ0) is 14.6. The Hall–Kier alpha value is -2.15. The van der Waals surface area contributed by atoms with E-state index in [0.717, 1.165) is 17.7 Å². The Kier molecular flexibility index (Phi) is 4.19. The Morgan fingerprint density at radius 3 is 2.95 bits per heavy atom. The number of guanidine groups is 1. The third-order valence-corrected chi connectivity index (χ3v) is 3.27. The smallest absolute Gasteiger partial charge is 0.192 e. The van der Waals surface area contributed by atoms with Gasteiger partial charge in [0.2, 0.25) is 0 Å². The third-order valence-electron chi connectivity index (χ3n) is 3.27. The molecule has 4 nitrogen and oxygen atoms in total. The summed E-state index contributed by atoms with van der Waals surface area (Å²) < 4.78 is 6.01. The van der Waals surface area contributed by atoms with E-state index in [0.29, 0.717) is 12.5 Å². The Morgan fingerprint density at radius 1 is 1.50 bits per heavy atom. The van der Waals surface area contributed by atoms with Crippen molar-refractivity contribution in [3.63, 3.8) is 0 Å². The van der Waals surface area contributed by atoms with E-state index >= 15 is 0 Å². The summed E-state index contributed by atoms with van der Waals surface area (Å²) in [6.45, 7) is 4.64. The summed E-state index contributed by atoms with van der Waals surface area (Å²) in [6, 6.07) is 8.24. The van der Waals surface area contributed by atoms with Gasteiger partial charge in [-0.15, -0.1) is 6.42 Å². The van der Waals surface area contributed by atoms with Crippen LogP contribution in [0.5, 0.6) is 5.75 Å². The highest BCUT2D eigenvalue weighted by Crippen LogP contribution is 2.39. The molecule has 0 spiro atoms. The van der Waals surface area contributed by atoms with Crippen LogP contribution in [0.15, 0.2) is 29.3 Å². The Labute approximate surface area is 120 Å². The molecule has 0 aromatic heterocycles. The number of rotatable bonds is 2. The SMILES string of the molecule is C#CCNC(=NC)NC1CC(C)(C)Oc2ccccc21. The largest absolute Gasteiger partial charge is 0.487 e.